The molecule has 4 rings (SSSR count). The van der Waals surface area contributed by atoms with E-state index in [0.29, 0.717) is 29.5 Å². The minimum absolute atomic E-state index is 0.00472. The van der Waals surface area contributed by atoms with E-state index in [9.17, 15) is 22.8 Å². The molecule has 1 aliphatic carbocycles. The number of hydrogen-bond donors (Lipinski definition) is 1. The number of fused-ring (bicyclic) bond motifs is 1. The maximum Gasteiger partial charge on any atom is 0.406 e. The zero-order valence-electron chi connectivity index (χ0n) is 15.9. The fourth-order valence-electron chi connectivity index (χ4n) is 4.38. The lowest BCUT2D eigenvalue weighted by atomic mass is 10.1. The molecule has 1 aromatic heterocycles. The van der Waals surface area contributed by atoms with Crippen molar-refractivity contribution >= 4 is 16.9 Å². The highest BCUT2D eigenvalue weighted by molar-refractivity contribution is 5.78. The molecule has 2 aromatic rings. The first kappa shape index (κ1) is 19.7. The summed E-state index contributed by atoms with van der Waals surface area (Å²) in [4.78, 5) is 31.6. The van der Waals surface area contributed by atoms with Gasteiger partial charge in [0.05, 0.1) is 16.9 Å². The molecule has 1 saturated heterocycles. The van der Waals surface area contributed by atoms with Gasteiger partial charge in [0.15, 0.2) is 0 Å². The van der Waals surface area contributed by atoms with Gasteiger partial charge in [-0.05, 0) is 37.8 Å². The Bertz CT molecular complexity index is 966. The Labute approximate surface area is 165 Å². The summed E-state index contributed by atoms with van der Waals surface area (Å²) in [6, 6.07) is 5.52. The van der Waals surface area contributed by atoms with Crippen molar-refractivity contribution in [1.29, 1.82) is 0 Å². The normalized spacial score (nSPS) is 20.5. The van der Waals surface area contributed by atoms with Crippen LogP contribution in [0.2, 0.25) is 0 Å². The van der Waals surface area contributed by atoms with Crippen LogP contribution in [0.15, 0.2) is 29.1 Å². The van der Waals surface area contributed by atoms with E-state index in [4.69, 9.17) is 0 Å². The molecule has 2 heterocycles. The Morgan fingerprint density at radius 2 is 1.86 bits per heavy atom. The molecular weight excluding hydrogens is 385 g/mol. The van der Waals surface area contributed by atoms with E-state index in [-0.39, 0.29) is 23.3 Å². The van der Waals surface area contributed by atoms with Gasteiger partial charge in [0, 0.05) is 12.6 Å². The van der Waals surface area contributed by atoms with Gasteiger partial charge in [0.2, 0.25) is 0 Å². The number of rotatable bonds is 3. The number of hydrogen-bond acceptors (Lipinski definition) is 3. The molecule has 1 aliphatic heterocycles. The van der Waals surface area contributed by atoms with Gasteiger partial charge >= 0.3 is 12.2 Å². The Morgan fingerprint density at radius 1 is 1.14 bits per heavy atom. The van der Waals surface area contributed by atoms with Crippen molar-refractivity contribution in [2.75, 3.05) is 6.54 Å². The maximum atomic E-state index is 13.2. The number of nitrogens with zero attached hydrogens (tertiary/aromatic N) is 3. The zero-order chi connectivity index (χ0) is 20.6. The minimum atomic E-state index is -4.57. The highest BCUT2D eigenvalue weighted by Gasteiger charge is 2.37. The number of benzene rings is 1. The van der Waals surface area contributed by atoms with Crippen LogP contribution in [0.5, 0.6) is 0 Å². The van der Waals surface area contributed by atoms with Gasteiger partial charge in [-0.15, -0.1) is 0 Å². The lowest BCUT2D eigenvalue weighted by Crippen LogP contribution is -2.45. The predicted molar refractivity (Wildman–Crippen MR) is 102 cm³/mol. The summed E-state index contributed by atoms with van der Waals surface area (Å²) in [6.07, 6.45) is 0.502. The Balaban J connectivity index is 1.73. The summed E-state index contributed by atoms with van der Waals surface area (Å²) in [5.74, 6) is 0.00472. The second-order valence-electron chi connectivity index (χ2n) is 7.78. The van der Waals surface area contributed by atoms with E-state index >= 15 is 0 Å². The summed E-state index contributed by atoms with van der Waals surface area (Å²) in [6.45, 7) is -0.995. The lowest BCUT2D eigenvalue weighted by molar-refractivity contribution is -0.141. The first-order valence-corrected chi connectivity index (χ1v) is 9.97. The first-order chi connectivity index (χ1) is 13.8. The average molecular weight is 408 g/mol. The molecular formula is C20H23F3N4O2. The van der Waals surface area contributed by atoms with Crippen LogP contribution in [0.25, 0.3) is 10.9 Å². The molecule has 2 aliphatic rings. The quantitative estimate of drug-likeness (QED) is 0.841. The van der Waals surface area contributed by atoms with Crippen LogP contribution in [-0.4, -0.2) is 39.2 Å². The summed E-state index contributed by atoms with van der Waals surface area (Å²) < 4.78 is 40.4. The number of carbonyl (C=O) groups excluding carboxylic acids is 1. The molecule has 1 atom stereocenters. The minimum Gasteiger partial charge on any atom is -0.335 e. The standard InChI is InChI=1S/C20H23F3N4O2/c21-20(22,23)12-27-17(25-15-9-4-3-8-14(15)18(27)28)16-10-5-11-26(16)19(29)24-13-6-1-2-7-13/h3-4,8-9,13,16H,1-2,5-7,10-12H2,(H,24,29). The topological polar surface area (TPSA) is 67.2 Å². The van der Waals surface area contributed by atoms with Crippen LogP contribution in [0, 0.1) is 0 Å². The number of para-hydroxylation sites is 1. The SMILES string of the molecule is O=C(NC1CCCC1)N1CCCC1c1nc2ccccc2c(=O)n1CC(F)(F)F. The van der Waals surface area contributed by atoms with Crippen LogP contribution in [0.3, 0.4) is 0 Å². The monoisotopic (exact) mass is 408 g/mol. The molecule has 0 bridgehead atoms. The van der Waals surface area contributed by atoms with Crippen molar-refractivity contribution in [1.82, 2.24) is 19.8 Å². The second-order valence-corrected chi connectivity index (χ2v) is 7.78. The van der Waals surface area contributed by atoms with Crippen LogP contribution in [-0.2, 0) is 6.54 Å². The van der Waals surface area contributed by atoms with Crippen LogP contribution >= 0.6 is 0 Å². The van der Waals surface area contributed by atoms with Crippen molar-refractivity contribution in [3.63, 3.8) is 0 Å². The fraction of sp³-hybridized carbons (Fsp3) is 0.550. The molecule has 1 saturated carbocycles. The summed E-state index contributed by atoms with van der Waals surface area (Å²) in [5.41, 5.74) is -0.389. The number of likely N-dealkylation sites (tertiary alicyclic amines) is 1. The number of urea groups is 1. The van der Waals surface area contributed by atoms with Gasteiger partial charge in [0.25, 0.3) is 5.56 Å². The number of alkyl halides is 3. The van der Waals surface area contributed by atoms with Crippen molar-refractivity contribution in [2.24, 2.45) is 0 Å². The van der Waals surface area contributed by atoms with Gasteiger partial charge in [-0.2, -0.15) is 13.2 Å². The van der Waals surface area contributed by atoms with Crippen molar-refractivity contribution < 1.29 is 18.0 Å². The molecule has 2 fully saturated rings. The molecule has 156 valence electrons. The van der Waals surface area contributed by atoms with E-state index in [0.717, 1.165) is 25.7 Å². The van der Waals surface area contributed by atoms with Gasteiger partial charge in [-0.1, -0.05) is 25.0 Å². The van der Waals surface area contributed by atoms with Crippen LogP contribution < -0.4 is 10.9 Å². The average Bonchev–Trinajstić information content (AvgIpc) is 3.34. The Hall–Kier alpha value is -2.58. The Kier molecular flexibility index (Phi) is 5.23. The number of nitrogens with one attached hydrogen (secondary N) is 1. The molecule has 6 nitrogen and oxygen atoms in total. The molecule has 1 unspecified atom stereocenters. The number of aromatic nitrogens is 2. The maximum absolute atomic E-state index is 13.2. The van der Waals surface area contributed by atoms with E-state index in [1.165, 1.54) is 11.0 Å². The number of halogens is 3. The zero-order valence-corrected chi connectivity index (χ0v) is 15.9. The van der Waals surface area contributed by atoms with Gasteiger partial charge in [-0.25, -0.2) is 9.78 Å². The first-order valence-electron chi connectivity index (χ1n) is 9.97. The highest BCUT2D eigenvalue weighted by Crippen LogP contribution is 2.32. The van der Waals surface area contributed by atoms with E-state index in [1.54, 1.807) is 18.2 Å². The molecule has 1 N–H and O–H groups in total. The van der Waals surface area contributed by atoms with Gasteiger partial charge in [-0.3, -0.25) is 9.36 Å². The Morgan fingerprint density at radius 3 is 2.59 bits per heavy atom. The van der Waals surface area contributed by atoms with E-state index < -0.39 is 24.3 Å². The molecule has 0 radical (unpaired) electrons. The van der Waals surface area contributed by atoms with Gasteiger partial charge < -0.3 is 10.2 Å². The molecule has 2 amide bonds. The summed E-state index contributed by atoms with van der Waals surface area (Å²) in [7, 11) is 0. The van der Waals surface area contributed by atoms with Crippen LogP contribution in [0.4, 0.5) is 18.0 Å². The molecule has 1 aromatic carbocycles. The third kappa shape index (κ3) is 4.09. The summed E-state index contributed by atoms with van der Waals surface area (Å²) in [5, 5.41) is 3.13. The predicted octanol–water partition coefficient (Wildman–Crippen LogP) is 3.75. The van der Waals surface area contributed by atoms with Crippen molar-refractivity contribution in [3.05, 3.63) is 40.4 Å². The van der Waals surface area contributed by atoms with Crippen molar-refractivity contribution in [3.8, 4) is 0 Å². The van der Waals surface area contributed by atoms with E-state index in [2.05, 4.69) is 10.3 Å². The van der Waals surface area contributed by atoms with Crippen molar-refractivity contribution in [2.45, 2.75) is 63.3 Å². The molecule has 9 heteroatoms. The molecule has 0 spiro atoms. The number of carbonyl (C=O) groups is 1. The largest absolute Gasteiger partial charge is 0.406 e. The third-order valence-corrected chi connectivity index (χ3v) is 5.72. The molecule has 29 heavy (non-hydrogen) atoms. The fourth-order valence-corrected chi connectivity index (χ4v) is 4.38. The smallest absolute Gasteiger partial charge is 0.335 e. The highest BCUT2D eigenvalue weighted by atomic mass is 19.4. The lowest BCUT2D eigenvalue weighted by Gasteiger charge is -2.28. The second kappa shape index (κ2) is 7.68. The van der Waals surface area contributed by atoms with Gasteiger partial charge in [0.1, 0.15) is 12.4 Å². The van der Waals surface area contributed by atoms with E-state index in [1.807, 2.05) is 0 Å². The summed E-state index contributed by atoms with van der Waals surface area (Å²) >= 11 is 0. The van der Waals surface area contributed by atoms with Crippen LogP contribution in [0.1, 0.15) is 50.4 Å². The third-order valence-electron chi connectivity index (χ3n) is 5.72. The number of amides is 2.